The van der Waals surface area contributed by atoms with Crippen LogP contribution in [-0.2, 0) is 6.54 Å². The van der Waals surface area contributed by atoms with Crippen molar-refractivity contribution >= 4 is 50.8 Å². The number of anilines is 1. The Morgan fingerprint density at radius 1 is 1.07 bits per heavy atom. The van der Waals surface area contributed by atoms with E-state index in [4.69, 9.17) is 28.9 Å². The SMILES string of the molecule is Nc1ccc(-c2cc(Cl)cc3c4ccncc4n(CCC4CC4)c23)c(Cl)n1. The van der Waals surface area contributed by atoms with Crippen molar-refractivity contribution in [2.75, 3.05) is 5.73 Å². The first-order valence-electron chi connectivity index (χ1n) is 9.09. The van der Waals surface area contributed by atoms with Crippen LogP contribution in [0.4, 0.5) is 5.82 Å². The van der Waals surface area contributed by atoms with Crippen molar-refractivity contribution in [3.63, 3.8) is 0 Å². The van der Waals surface area contributed by atoms with Crippen LogP contribution in [-0.4, -0.2) is 14.5 Å². The number of aryl methyl sites for hydroxylation is 1. The van der Waals surface area contributed by atoms with Crippen molar-refractivity contribution in [3.8, 4) is 11.1 Å². The minimum atomic E-state index is 0.385. The number of hydrogen-bond acceptors (Lipinski definition) is 3. The number of rotatable bonds is 4. The smallest absolute Gasteiger partial charge is 0.139 e. The highest BCUT2D eigenvalue weighted by Crippen LogP contribution is 2.41. The first-order valence-corrected chi connectivity index (χ1v) is 9.85. The van der Waals surface area contributed by atoms with E-state index in [1.54, 1.807) is 6.07 Å². The van der Waals surface area contributed by atoms with Crippen LogP contribution in [0.15, 0.2) is 42.7 Å². The maximum absolute atomic E-state index is 6.49. The van der Waals surface area contributed by atoms with Crippen molar-refractivity contribution in [2.24, 2.45) is 5.92 Å². The Morgan fingerprint density at radius 2 is 1.93 bits per heavy atom. The van der Waals surface area contributed by atoms with Gasteiger partial charge in [-0.25, -0.2) is 4.98 Å². The van der Waals surface area contributed by atoms with Gasteiger partial charge in [-0.05, 0) is 42.7 Å². The predicted molar refractivity (Wildman–Crippen MR) is 112 cm³/mol. The molecule has 136 valence electrons. The van der Waals surface area contributed by atoms with Crippen molar-refractivity contribution in [1.29, 1.82) is 0 Å². The van der Waals surface area contributed by atoms with E-state index in [9.17, 15) is 0 Å². The molecule has 5 rings (SSSR count). The van der Waals surface area contributed by atoms with E-state index in [2.05, 4.69) is 14.5 Å². The summed E-state index contributed by atoms with van der Waals surface area (Å²) in [5, 5.41) is 3.32. The number of nitrogens with zero attached hydrogens (tertiary/aromatic N) is 3. The third-order valence-corrected chi connectivity index (χ3v) is 5.85. The van der Waals surface area contributed by atoms with Crippen LogP contribution >= 0.6 is 23.2 Å². The molecule has 1 aromatic carbocycles. The topological polar surface area (TPSA) is 56.7 Å². The van der Waals surface area contributed by atoms with Gasteiger partial charge in [0.05, 0.1) is 17.2 Å². The number of fused-ring (bicyclic) bond motifs is 3. The molecule has 0 atom stereocenters. The summed E-state index contributed by atoms with van der Waals surface area (Å²) in [5.41, 5.74) is 9.84. The molecule has 1 aliphatic rings. The standard InChI is InChI=1S/C21H18Cl2N4/c22-13-9-16-14-5-7-25-11-18(14)27(8-6-12-1-2-12)20(16)17(10-13)15-3-4-19(24)26-21(15)23/h3-5,7,9-12H,1-2,6,8H2,(H2,24,26). The van der Waals surface area contributed by atoms with Crippen LogP contribution in [0.1, 0.15) is 19.3 Å². The second kappa shape index (κ2) is 6.39. The van der Waals surface area contributed by atoms with Gasteiger partial charge in [0.15, 0.2) is 0 Å². The average Bonchev–Trinajstić information content (AvgIpc) is 3.42. The maximum atomic E-state index is 6.49. The summed E-state index contributed by atoms with van der Waals surface area (Å²) in [7, 11) is 0. The molecule has 6 heteroatoms. The van der Waals surface area contributed by atoms with Crippen molar-refractivity contribution < 1.29 is 0 Å². The lowest BCUT2D eigenvalue weighted by Gasteiger charge is -2.12. The zero-order valence-corrected chi connectivity index (χ0v) is 16.1. The minimum absolute atomic E-state index is 0.385. The molecule has 0 radical (unpaired) electrons. The largest absolute Gasteiger partial charge is 0.384 e. The van der Waals surface area contributed by atoms with E-state index in [0.717, 1.165) is 45.4 Å². The van der Waals surface area contributed by atoms with Crippen LogP contribution in [0.2, 0.25) is 10.2 Å². The molecule has 4 aromatic rings. The summed E-state index contributed by atoms with van der Waals surface area (Å²) in [5.74, 6) is 1.24. The highest BCUT2D eigenvalue weighted by Gasteiger charge is 2.23. The molecule has 0 unspecified atom stereocenters. The van der Waals surface area contributed by atoms with E-state index < -0.39 is 0 Å². The van der Waals surface area contributed by atoms with E-state index >= 15 is 0 Å². The zero-order chi connectivity index (χ0) is 18.5. The number of halogens is 2. The number of benzene rings is 1. The Bertz CT molecular complexity index is 1180. The number of nitrogen functional groups attached to an aromatic ring is 1. The van der Waals surface area contributed by atoms with Crippen molar-refractivity contribution in [1.82, 2.24) is 14.5 Å². The molecule has 0 saturated heterocycles. The van der Waals surface area contributed by atoms with Gasteiger partial charge in [-0.3, -0.25) is 4.98 Å². The van der Waals surface area contributed by atoms with Crippen molar-refractivity contribution in [3.05, 3.63) is 52.9 Å². The first-order chi connectivity index (χ1) is 13.1. The Hall–Kier alpha value is -2.30. The maximum Gasteiger partial charge on any atom is 0.139 e. The molecule has 2 N–H and O–H groups in total. The molecule has 0 amide bonds. The first kappa shape index (κ1) is 16.8. The predicted octanol–water partition coefficient (Wildman–Crippen LogP) is 5.94. The fourth-order valence-electron chi connectivity index (χ4n) is 3.85. The lowest BCUT2D eigenvalue weighted by atomic mass is 10.0. The van der Waals surface area contributed by atoms with Gasteiger partial charge in [0, 0.05) is 39.7 Å². The summed E-state index contributed by atoms with van der Waals surface area (Å²) < 4.78 is 2.36. The van der Waals surface area contributed by atoms with Gasteiger partial charge >= 0.3 is 0 Å². The van der Waals surface area contributed by atoms with Gasteiger partial charge in [-0.1, -0.05) is 36.0 Å². The summed E-state index contributed by atoms with van der Waals surface area (Å²) in [6.07, 6.45) is 7.60. The quantitative estimate of drug-likeness (QED) is 0.434. The van der Waals surface area contributed by atoms with Crippen LogP contribution in [0, 0.1) is 5.92 Å². The van der Waals surface area contributed by atoms with Crippen LogP contribution < -0.4 is 5.73 Å². The second-order valence-corrected chi connectivity index (χ2v) is 7.99. The Labute approximate surface area is 166 Å². The number of hydrogen-bond donors (Lipinski definition) is 1. The molecule has 1 saturated carbocycles. The second-order valence-electron chi connectivity index (χ2n) is 7.20. The van der Waals surface area contributed by atoms with E-state index in [0.29, 0.717) is 16.0 Å². The highest BCUT2D eigenvalue weighted by atomic mass is 35.5. The van der Waals surface area contributed by atoms with E-state index in [-0.39, 0.29) is 0 Å². The molecule has 3 aromatic heterocycles. The minimum Gasteiger partial charge on any atom is -0.384 e. The monoisotopic (exact) mass is 396 g/mol. The van der Waals surface area contributed by atoms with Gasteiger partial charge in [0.1, 0.15) is 11.0 Å². The van der Waals surface area contributed by atoms with Crippen molar-refractivity contribution in [2.45, 2.75) is 25.8 Å². The average molecular weight is 397 g/mol. The summed E-state index contributed by atoms with van der Waals surface area (Å²) in [4.78, 5) is 8.59. The number of nitrogens with two attached hydrogens (primary N) is 1. The van der Waals surface area contributed by atoms with Gasteiger partial charge in [0.25, 0.3) is 0 Å². The Morgan fingerprint density at radius 3 is 2.70 bits per heavy atom. The molecule has 0 aliphatic heterocycles. The summed E-state index contributed by atoms with van der Waals surface area (Å²) in [6, 6.07) is 9.72. The lowest BCUT2D eigenvalue weighted by Crippen LogP contribution is -2.00. The third kappa shape index (κ3) is 2.93. The molecular formula is C21H18Cl2N4. The normalized spacial score (nSPS) is 14.3. The summed E-state index contributed by atoms with van der Waals surface area (Å²) in [6.45, 7) is 0.949. The van der Waals surface area contributed by atoms with E-state index in [1.807, 2.05) is 36.7 Å². The Balaban J connectivity index is 1.84. The third-order valence-electron chi connectivity index (χ3n) is 5.34. The van der Waals surface area contributed by atoms with E-state index in [1.165, 1.54) is 19.3 Å². The van der Waals surface area contributed by atoms with Gasteiger partial charge in [-0.15, -0.1) is 0 Å². The zero-order valence-electron chi connectivity index (χ0n) is 14.6. The molecule has 4 nitrogen and oxygen atoms in total. The van der Waals surface area contributed by atoms with Gasteiger partial charge in [-0.2, -0.15) is 0 Å². The molecule has 1 aliphatic carbocycles. The number of aromatic nitrogens is 3. The molecular weight excluding hydrogens is 379 g/mol. The van der Waals surface area contributed by atoms with Gasteiger partial charge < -0.3 is 10.3 Å². The fraction of sp³-hybridized carbons (Fsp3) is 0.238. The van der Waals surface area contributed by atoms with Crippen LogP contribution in [0.3, 0.4) is 0 Å². The van der Waals surface area contributed by atoms with Crippen LogP contribution in [0.25, 0.3) is 32.9 Å². The Kier molecular flexibility index (Phi) is 3.99. The highest BCUT2D eigenvalue weighted by molar-refractivity contribution is 6.34. The lowest BCUT2D eigenvalue weighted by molar-refractivity contribution is 0.623. The molecule has 1 fully saturated rings. The molecule has 27 heavy (non-hydrogen) atoms. The summed E-state index contributed by atoms with van der Waals surface area (Å²) >= 11 is 12.9. The molecule has 0 spiro atoms. The molecule has 3 heterocycles. The van der Waals surface area contributed by atoms with Crippen LogP contribution in [0.5, 0.6) is 0 Å². The fourth-order valence-corrected chi connectivity index (χ4v) is 4.33. The number of pyridine rings is 2. The molecule has 0 bridgehead atoms. The van der Waals surface area contributed by atoms with Gasteiger partial charge in [0.2, 0.25) is 0 Å².